The van der Waals surface area contributed by atoms with Gasteiger partial charge >= 0.3 is 0 Å². The molecule has 0 saturated heterocycles. The second-order valence-electron chi connectivity index (χ2n) is 4.62. The first-order chi connectivity index (χ1) is 7.59. The lowest BCUT2D eigenvalue weighted by atomic mass is 9.95. The summed E-state index contributed by atoms with van der Waals surface area (Å²) in [6.07, 6.45) is 0.898. The molecule has 1 unspecified atom stereocenters. The van der Waals surface area contributed by atoms with Crippen molar-refractivity contribution in [1.82, 2.24) is 5.32 Å². The highest BCUT2D eigenvalue weighted by Gasteiger charge is 2.26. The molecule has 0 aliphatic carbocycles. The van der Waals surface area contributed by atoms with E-state index in [0.717, 1.165) is 17.5 Å². The van der Waals surface area contributed by atoms with Crippen LogP contribution in [-0.4, -0.2) is 12.6 Å². The van der Waals surface area contributed by atoms with Gasteiger partial charge in [-0.3, -0.25) is 0 Å². The van der Waals surface area contributed by atoms with Gasteiger partial charge in [0.15, 0.2) is 11.6 Å². The molecular formula is C13H18FNO. The second-order valence-corrected chi connectivity index (χ2v) is 4.62. The van der Waals surface area contributed by atoms with Crippen molar-refractivity contribution < 1.29 is 9.13 Å². The summed E-state index contributed by atoms with van der Waals surface area (Å²) < 4.78 is 19.0. The van der Waals surface area contributed by atoms with E-state index in [1.165, 1.54) is 6.07 Å². The molecule has 88 valence electrons. The summed E-state index contributed by atoms with van der Waals surface area (Å²) in [4.78, 5) is 0. The van der Waals surface area contributed by atoms with E-state index in [1.807, 2.05) is 13.0 Å². The minimum Gasteiger partial charge on any atom is -0.490 e. The Bertz CT molecular complexity index is 390. The topological polar surface area (TPSA) is 21.3 Å². The van der Waals surface area contributed by atoms with Gasteiger partial charge < -0.3 is 10.1 Å². The number of benzene rings is 1. The van der Waals surface area contributed by atoms with Crippen molar-refractivity contribution in [3.05, 3.63) is 29.1 Å². The molecule has 0 aromatic heterocycles. The molecule has 3 heteroatoms. The van der Waals surface area contributed by atoms with Crippen molar-refractivity contribution in [2.24, 2.45) is 0 Å². The highest BCUT2D eigenvalue weighted by Crippen LogP contribution is 2.36. The maximum Gasteiger partial charge on any atom is 0.165 e. The third kappa shape index (κ3) is 2.05. The molecule has 0 bridgehead atoms. The number of halogens is 1. The van der Waals surface area contributed by atoms with Crippen molar-refractivity contribution >= 4 is 0 Å². The van der Waals surface area contributed by atoms with Crippen LogP contribution >= 0.6 is 0 Å². The fraction of sp³-hybridized carbons (Fsp3) is 0.538. The van der Waals surface area contributed by atoms with Crippen LogP contribution in [0.15, 0.2) is 12.1 Å². The molecule has 1 aliphatic heterocycles. The van der Waals surface area contributed by atoms with E-state index in [0.29, 0.717) is 18.4 Å². The lowest BCUT2D eigenvalue weighted by molar-refractivity contribution is 0.235. The van der Waals surface area contributed by atoms with E-state index in [-0.39, 0.29) is 11.9 Å². The highest BCUT2D eigenvalue weighted by atomic mass is 19.1. The molecule has 2 rings (SSSR count). The zero-order chi connectivity index (χ0) is 11.7. The molecule has 0 fully saturated rings. The van der Waals surface area contributed by atoms with Gasteiger partial charge in [-0.15, -0.1) is 0 Å². The molecule has 0 radical (unpaired) electrons. The Balaban J connectivity index is 2.40. The molecule has 0 spiro atoms. The Labute approximate surface area is 95.8 Å². The smallest absolute Gasteiger partial charge is 0.165 e. The summed E-state index contributed by atoms with van der Waals surface area (Å²) in [6.45, 7) is 6.78. The number of ether oxygens (including phenoxy) is 1. The third-order valence-electron chi connectivity index (χ3n) is 2.90. The van der Waals surface area contributed by atoms with Gasteiger partial charge in [-0.2, -0.15) is 0 Å². The van der Waals surface area contributed by atoms with Gasteiger partial charge in [-0.1, -0.05) is 19.9 Å². The maximum absolute atomic E-state index is 13.6. The Morgan fingerprint density at radius 3 is 2.88 bits per heavy atom. The molecule has 1 aromatic carbocycles. The van der Waals surface area contributed by atoms with Crippen LogP contribution in [0.5, 0.6) is 5.75 Å². The van der Waals surface area contributed by atoms with Crippen LogP contribution < -0.4 is 10.1 Å². The molecule has 0 amide bonds. The van der Waals surface area contributed by atoms with Crippen molar-refractivity contribution in [3.8, 4) is 5.75 Å². The van der Waals surface area contributed by atoms with Crippen molar-refractivity contribution in [2.75, 3.05) is 6.61 Å². The van der Waals surface area contributed by atoms with Gasteiger partial charge in [0.1, 0.15) is 0 Å². The van der Waals surface area contributed by atoms with Gasteiger partial charge in [0, 0.05) is 24.1 Å². The predicted molar refractivity (Wildman–Crippen MR) is 62.3 cm³/mol. The molecule has 1 N–H and O–H groups in total. The number of hydrogen-bond acceptors (Lipinski definition) is 2. The molecule has 16 heavy (non-hydrogen) atoms. The van der Waals surface area contributed by atoms with Crippen molar-refractivity contribution in [1.29, 1.82) is 0 Å². The minimum atomic E-state index is -0.254. The highest BCUT2D eigenvalue weighted by molar-refractivity contribution is 5.44. The van der Waals surface area contributed by atoms with Gasteiger partial charge in [0.05, 0.1) is 6.61 Å². The fourth-order valence-corrected chi connectivity index (χ4v) is 2.24. The fourth-order valence-electron chi connectivity index (χ4n) is 2.24. The summed E-state index contributed by atoms with van der Waals surface area (Å²) >= 11 is 0. The molecule has 1 heterocycles. The van der Waals surface area contributed by atoms with Crippen LogP contribution in [-0.2, 0) is 0 Å². The van der Waals surface area contributed by atoms with E-state index >= 15 is 0 Å². The first-order valence-electron chi connectivity index (χ1n) is 5.77. The SMILES string of the molecule is Cc1ccc(F)c2c1C(NC(C)C)CCO2. The van der Waals surface area contributed by atoms with E-state index in [9.17, 15) is 4.39 Å². The summed E-state index contributed by atoms with van der Waals surface area (Å²) in [5, 5.41) is 3.46. The second kappa shape index (κ2) is 4.42. The first-order valence-corrected chi connectivity index (χ1v) is 5.77. The van der Waals surface area contributed by atoms with E-state index in [2.05, 4.69) is 19.2 Å². The first kappa shape index (κ1) is 11.4. The standard InChI is InChI=1S/C13H18FNO/c1-8(2)15-11-6-7-16-13-10(14)5-4-9(3)12(11)13/h4-5,8,11,15H,6-7H2,1-3H3. The van der Waals surface area contributed by atoms with Crippen LogP contribution in [0, 0.1) is 12.7 Å². The van der Waals surface area contributed by atoms with Crippen LogP contribution in [0.1, 0.15) is 37.4 Å². The Hall–Kier alpha value is -1.09. The molecular weight excluding hydrogens is 205 g/mol. The van der Waals surface area contributed by atoms with Gasteiger partial charge in [0.2, 0.25) is 0 Å². The lowest BCUT2D eigenvalue weighted by Gasteiger charge is -2.30. The summed E-state index contributed by atoms with van der Waals surface area (Å²) in [5.74, 6) is 0.181. The zero-order valence-corrected chi connectivity index (χ0v) is 10.0. The van der Waals surface area contributed by atoms with Gasteiger partial charge in [0.25, 0.3) is 0 Å². The minimum absolute atomic E-state index is 0.208. The van der Waals surface area contributed by atoms with Crippen LogP contribution in [0.2, 0.25) is 0 Å². The Morgan fingerprint density at radius 1 is 1.44 bits per heavy atom. The zero-order valence-electron chi connectivity index (χ0n) is 10.0. The normalized spacial score (nSPS) is 19.4. The average Bonchev–Trinajstić information content (AvgIpc) is 2.23. The molecule has 1 aliphatic rings. The number of nitrogens with one attached hydrogen (secondary N) is 1. The van der Waals surface area contributed by atoms with E-state index in [4.69, 9.17) is 4.74 Å². The molecule has 2 nitrogen and oxygen atoms in total. The maximum atomic E-state index is 13.6. The number of aryl methyl sites for hydroxylation is 1. The summed E-state index contributed by atoms with van der Waals surface area (Å²) in [7, 11) is 0. The summed E-state index contributed by atoms with van der Waals surface area (Å²) in [6, 6.07) is 3.89. The van der Waals surface area contributed by atoms with Gasteiger partial charge in [-0.05, 0) is 18.6 Å². The van der Waals surface area contributed by atoms with Crippen molar-refractivity contribution in [3.63, 3.8) is 0 Å². The van der Waals surface area contributed by atoms with Crippen LogP contribution in [0.3, 0.4) is 0 Å². The third-order valence-corrected chi connectivity index (χ3v) is 2.90. The number of rotatable bonds is 2. The average molecular weight is 223 g/mol. The molecule has 0 saturated carbocycles. The Kier molecular flexibility index (Phi) is 3.15. The summed E-state index contributed by atoms with van der Waals surface area (Å²) in [5.41, 5.74) is 2.08. The number of fused-ring (bicyclic) bond motifs is 1. The quantitative estimate of drug-likeness (QED) is 0.832. The molecule has 1 atom stereocenters. The predicted octanol–water partition coefficient (Wildman–Crippen LogP) is 2.96. The monoisotopic (exact) mass is 223 g/mol. The van der Waals surface area contributed by atoms with Crippen molar-refractivity contribution in [2.45, 2.75) is 39.3 Å². The van der Waals surface area contributed by atoms with Crippen LogP contribution in [0.4, 0.5) is 4.39 Å². The van der Waals surface area contributed by atoms with E-state index in [1.54, 1.807) is 0 Å². The largest absolute Gasteiger partial charge is 0.490 e. The van der Waals surface area contributed by atoms with Gasteiger partial charge in [-0.25, -0.2) is 4.39 Å². The number of hydrogen-bond donors (Lipinski definition) is 1. The van der Waals surface area contributed by atoms with E-state index < -0.39 is 0 Å². The lowest BCUT2D eigenvalue weighted by Crippen LogP contribution is -2.32. The van der Waals surface area contributed by atoms with Crippen LogP contribution in [0.25, 0.3) is 0 Å². The Morgan fingerprint density at radius 2 is 2.19 bits per heavy atom. The molecule has 1 aromatic rings.